The van der Waals surface area contributed by atoms with Crippen LogP contribution >= 0.6 is 0 Å². The smallest absolute Gasteiger partial charge is 0.331 e. The molecule has 64 valence electrons. The molecular weight excluding hydrogens is 160 g/mol. The molecule has 0 fully saturated rings. The molecule has 0 atom stereocenters. The van der Waals surface area contributed by atoms with Crippen molar-refractivity contribution in [3.8, 4) is 12.3 Å². The Morgan fingerprint density at radius 3 is 2.67 bits per heavy atom. The number of ether oxygens (including phenoxy) is 1. The molecule has 0 saturated carbocycles. The van der Waals surface area contributed by atoms with Crippen LogP contribution in [0.2, 0.25) is 0 Å². The van der Waals surface area contributed by atoms with Crippen LogP contribution in [0.15, 0.2) is 12.2 Å². The highest BCUT2D eigenvalue weighted by Gasteiger charge is 1.96. The number of rotatable bonds is 4. The molecule has 0 unspecified atom stereocenters. The molecule has 0 amide bonds. The van der Waals surface area contributed by atoms with Gasteiger partial charge < -0.3 is 9.84 Å². The fraction of sp³-hybridized carbons (Fsp3) is 0.250. The lowest BCUT2D eigenvalue weighted by Crippen LogP contribution is -2.02. The van der Waals surface area contributed by atoms with Crippen LogP contribution in [0.1, 0.15) is 6.42 Å². The van der Waals surface area contributed by atoms with E-state index in [-0.39, 0.29) is 6.61 Å². The summed E-state index contributed by atoms with van der Waals surface area (Å²) >= 11 is 0. The zero-order valence-electron chi connectivity index (χ0n) is 6.32. The summed E-state index contributed by atoms with van der Waals surface area (Å²) in [5, 5.41) is 8.11. The van der Waals surface area contributed by atoms with Gasteiger partial charge in [-0.2, -0.15) is 0 Å². The monoisotopic (exact) mass is 168 g/mol. The van der Waals surface area contributed by atoms with Crippen molar-refractivity contribution in [2.75, 3.05) is 6.61 Å². The Kier molecular flexibility index (Phi) is 5.11. The number of hydrogen-bond donors (Lipinski definition) is 1. The van der Waals surface area contributed by atoms with Gasteiger partial charge in [0.25, 0.3) is 0 Å². The van der Waals surface area contributed by atoms with Gasteiger partial charge in [0, 0.05) is 18.6 Å². The summed E-state index contributed by atoms with van der Waals surface area (Å²) in [6.07, 6.45) is 6.75. The minimum absolute atomic E-state index is 0.110. The summed E-state index contributed by atoms with van der Waals surface area (Å²) in [4.78, 5) is 20.5. The van der Waals surface area contributed by atoms with Crippen molar-refractivity contribution in [2.45, 2.75) is 6.42 Å². The first kappa shape index (κ1) is 10.2. The first-order valence-corrected chi connectivity index (χ1v) is 3.18. The third kappa shape index (κ3) is 6.36. The third-order valence-electron chi connectivity index (χ3n) is 0.853. The summed E-state index contributed by atoms with van der Waals surface area (Å²) in [5.74, 6) is 0.378. The molecule has 0 bridgehead atoms. The van der Waals surface area contributed by atoms with Gasteiger partial charge in [0.15, 0.2) is 0 Å². The largest absolute Gasteiger partial charge is 0.478 e. The van der Waals surface area contributed by atoms with Crippen molar-refractivity contribution in [3.63, 3.8) is 0 Å². The number of terminal acetylenes is 1. The molecule has 1 N–H and O–H groups in total. The fourth-order valence-corrected chi connectivity index (χ4v) is 0.398. The summed E-state index contributed by atoms with van der Waals surface area (Å²) in [7, 11) is 0. The maximum absolute atomic E-state index is 10.6. The molecule has 0 heterocycles. The summed E-state index contributed by atoms with van der Waals surface area (Å²) < 4.78 is 4.50. The van der Waals surface area contributed by atoms with Crippen molar-refractivity contribution in [1.29, 1.82) is 0 Å². The van der Waals surface area contributed by atoms with Gasteiger partial charge in [-0.1, -0.05) is 0 Å². The quantitative estimate of drug-likeness (QED) is 0.282. The van der Waals surface area contributed by atoms with Crippen molar-refractivity contribution >= 4 is 11.9 Å². The number of aliphatic carboxylic acids is 1. The number of carboxylic acid groups (broad SMARTS) is 1. The van der Waals surface area contributed by atoms with Gasteiger partial charge in [-0.15, -0.1) is 12.3 Å². The maximum atomic E-state index is 10.6. The molecule has 4 heteroatoms. The molecule has 0 aliphatic heterocycles. The Morgan fingerprint density at radius 2 is 2.17 bits per heavy atom. The standard InChI is InChI=1S/C8H8O4/c1-2-3-6-12-8(11)5-4-7(9)10/h1,4-5H,3,6H2,(H,9,10)/b5-4+. The Hall–Kier alpha value is -1.76. The van der Waals surface area contributed by atoms with Crippen LogP contribution < -0.4 is 0 Å². The first-order valence-electron chi connectivity index (χ1n) is 3.18. The molecule has 0 aromatic heterocycles. The lowest BCUT2D eigenvalue weighted by molar-refractivity contribution is -0.138. The summed E-state index contributed by atoms with van der Waals surface area (Å²) in [6, 6.07) is 0. The van der Waals surface area contributed by atoms with Gasteiger partial charge in [0.2, 0.25) is 0 Å². The van der Waals surface area contributed by atoms with E-state index in [2.05, 4.69) is 10.7 Å². The molecule has 0 aromatic carbocycles. The minimum atomic E-state index is -1.19. The van der Waals surface area contributed by atoms with E-state index in [1.165, 1.54) is 0 Å². The molecule has 0 aromatic rings. The highest BCUT2D eigenvalue weighted by Crippen LogP contribution is 1.84. The van der Waals surface area contributed by atoms with Crippen LogP contribution in [0, 0.1) is 12.3 Å². The van der Waals surface area contributed by atoms with Crippen LogP contribution in [-0.4, -0.2) is 23.7 Å². The molecule has 0 radical (unpaired) electrons. The topological polar surface area (TPSA) is 63.6 Å². The average molecular weight is 168 g/mol. The Labute approximate surface area is 69.8 Å². The highest BCUT2D eigenvalue weighted by molar-refractivity contribution is 5.90. The van der Waals surface area contributed by atoms with E-state index in [4.69, 9.17) is 11.5 Å². The SMILES string of the molecule is C#CCCOC(=O)/C=C/C(=O)O. The van der Waals surface area contributed by atoms with E-state index < -0.39 is 11.9 Å². The second kappa shape index (κ2) is 5.98. The van der Waals surface area contributed by atoms with Crippen LogP contribution in [0.4, 0.5) is 0 Å². The van der Waals surface area contributed by atoms with Crippen LogP contribution in [0.5, 0.6) is 0 Å². The van der Waals surface area contributed by atoms with Gasteiger partial charge >= 0.3 is 11.9 Å². The molecule has 0 spiro atoms. The molecule has 4 nitrogen and oxygen atoms in total. The number of carbonyl (C=O) groups excluding carboxylic acids is 1. The van der Waals surface area contributed by atoms with Crippen molar-refractivity contribution in [3.05, 3.63) is 12.2 Å². The predicted molar refractivity (Wildman–Crippen MR) is 41.2 cm³/mol. The van der Waals surface area contributed by atoms with Crippen molar-refractivity contribution in [1.82, 2.24) is 0 Å². The van der Waals surface area contributed by atoms with Gasteiger partial charge in [-0.3, -0.25) is 0 Å². The van der Waals surface area contributed by atoms with Crippen LogP contribution in [0.25, 0.3) is 0 Å². The van der Waals surface area contributed by atoms with Crippen LogP contribution in [0.3, 0.4) is 0 Å². The first-order chi connectivity index (χ1) is 5.66. The number of esters is 1. The van der Waals surface area contributed by atoms with E-state index >= 15 is 0 Å². The Balaban J connectivity index is 3.61. The van der Waals surface area contributed by atoms with E-state index in [9.17, 15) is 9.59 Å². The lowest BCUT2D eigenvalue weighted by Gasteiger charge is -1.95. The van der Waals surface area contributed by atoms with Gasteiger partial charge in [0.1, 0.15) is 6.61 Å². The zero-order chi connectivity index (χ0) is 9.40. The van der Waals surface area contributed by atoms with Crippen molar-refractivity contribution in [2.24, 2.45) is 0 Å². The predicted octanol–water partition coefficient (Wildman–Crippen LogP) is 0.194. The molecule has 12 heavy (non-hydrogen) atoms. The second-order valence-corrected chi connectivity index (χ2v) is 1.79. The minimum Gasteiger partial charge on any atom is -0.478 e. The lowest BCUT2D eigenvalue weighted by atomic mass is 10.5. The average Bonchev–Trinajstić information content (AvgIpc) is 2.01. The molecular formula is C8H8O4. The van der Waals surface area contributed by atoms with Crippen LogP contribution in [-0.2, 0) is 14.3 Å². The van der Waals surface area contributed by atoms with Crippen molar-refractivity contribution < 1.29 is 19.4 Å². The number of carboxylic acids is 1. The normalized spacial score (nSPS) is 9.25. The second-order valence-electron chi connectivity index (χ2n) is 1.79. The van der Waals surface area contributed by atoms with Gasteiger partial charge in [-0.05, 0) is 0 Å². The molecule has 0 saturated heterocycles. The zero-order valence-corrected chi connectivity index (χ0v) is 6.32. The van der Waals surface area contributed by atoms with E-state index in [1.807, 2.05) is 0 Å². The van der Waals surface area contributed by atoms with E-state index in [0.717, 1.165) is 6.08 Å². The highest BCUT2D eigenvalue weighted by atomic mass is 16.5. The molecule has 0 aliphatic rings. The number of carbonyl (C=O) groups is 2. The Bertz CT molecular complexity index is 234. The maximum Gasteiger partial charge on any atom is 0.331 e. The Morgan fingerprint density at radius 1 is 1.50 bits per heavy atom. The summed E-state index contributed by atoms with van der Waals surface area (Å²) in [5.41, 5.74) is 0. The molecule has 0 rings (SSSR count). The summed E-state index contributed by atoms with van der Waals surface area (Å²) in [6.45, 7) is 0.110. The van der Waals surface area contributed by atoms with Gasteiger partial charge in [0.05, 0.1) is 0 Å². The third-order valence-corrected chi connectivity index (χ3v) is 0.853. The molecule has 0 aliphatic carbocycles. The van der Waals surface area contributed by atoms with E-state index in [0.29, 0.717) is 12.5 Å². The fourth-order valence-electron chi connectivity index (χ4n) is 0.398. The van der Waals surface area contributed by atoms with E-state index in [1.54, 1.807) is 0 Å². The van der Waals surface area contributed by atoms with Gasteiger partial charge in [-0.25, -0.2) is 9.59 Å². The number of hydrogen-bond acceptors (Lipinski definition) is 3.